The average Bonchev–Trinajstić information content (AvgIpc) is 3.68. The number of aromatic hydroxyl groups is 1. The Balaban J connectivity index is 1.24. The third-order valence-electron chi connectivity index (χ3n) is 10.1. The van der Waals surface area contributed by atoms with E-state index in [9.17, 15) is 13.9 Å². The van der Waals surface area contributed by atoms with E-state index in [0.717, 1.165) is 49.5 Å². The van der Waals surface area contributed by atoms with E-state index < -0.39 is 17.7 Å². The molecule has 2 aromatic carbocycles. The number of hydrogen-bond acceptors (Lipinski definition) is 8. The zero-order chi connectivity index (χ0) is 29.3. The van der Waals surface area contributed by atoms with Crippen molar-refractivity contribution in [1.82, 2.24) is 25.2 Å². The molecule has 224 valence electrons. The van der Waals surface area contributed by atoms with Crippen LogP contribution in [0.1, 0.15) is 32.1 Å². The second-order valence-electron chi connectivity index (χ2n) is 12.5. The fraction of sp³-hybridized carbons (Fsp3) is 0.469. The summed E-state index contributed by atoms with van der Waals surface area (Å²) in [6, 6.07) is 10.3. The van der Waals surface area contributed by atoms with Crippen LogP contribution in [-0.4, -0.2) is 81.8 Å². The van der Waals surface area contributed by atoms with E-state index in [-0.39, 0.29) is 47.6 Å². The quantitative estimate of drug-likeness (QED) is 0.331. The van der Waals surface area contributed by atoms with Crippen molar-refractivity contribution in [3.05, 3.63) is 48.4 Å². The first kappa shape index (κ1) is 26.9. The van der Waals surface area contributed by atoms with Gasteiger partial charge in [0.2, 0.25) is 0 Å². The zero-order valence-corrected chi connectivity index (χ0v) is 23.7. The van der Waals surface area contributed by atoms with Crippen molar-refractivity contribution in [2.45, 2.75) is 49.6 Å². The van der Waals surface area contributed by atoms with Crippen molar-refractivity contribution in [3.63, 3.8) is 0 Å². The lowest BCUT2D eigenvalue weighted by Gasteiger charge is -2.37. The highest BCUT2D eigenvalue weighted by Gasteiger charge is 2.52. The van der Waals surface area contributed by atoms with Crippen LogP contribution in [0.5, 0.6) is 11.8 Å². The largest absolute Gasteiger partial charge is 0.508 e. The van der Waals surface area contributed by atoms with Crippen LogP contribution >= 0.6 is 0 Å². The Morgan fingerprint density at radius 1 is 1.05 bits per heavy atom. The number of nitrogens with one attached hydrogen (secondary N) is 1. The van der Waals surface area contributed by atoms with Gasteiger partial charge in [0, 0.05) is 30.9 Å². The molecule has 0 spiro atoms. The predicted octanol–water partition coefficient (Wildman–Crippen LogP) is 5.13. The van der Waals surface area contributed by atoms with Gasteiger partial charge in [-0.2, -0.15) is 9.97 Å². The summed E-state index contributed by atoms with van der Waals surface area (Å²) in [5, 5.41) is 15.2. The van der Waals surface area contributed by atoms with E-state index in [1.807, 2.05) is 24.3 Å². The number of piperidine rings is 1. The number of fused-ring (bicyclic) bond motifs is 4. The molecule has 0 saturated carbocycles. The van der Waals surface area contributed by atoms with Crippen LogP contribution in [0, 0.1) is 11.7 Å². The van der Waals surface area contributed by atoms with Gasteiger partial charge in [0.05, 0.1) is 23.4 Å². The molecule has 4 aromatic rings. The third kappa shape index (κ3) is 4.38. The maximum Gasteiger partial charge on any atom is 0.319 e. The monoisotopic (exact) mass is 590 g/mol. The molecule has 11 heteroatoms. The van der Waals surface area contributed by atoms with Gasteiger partial charge in [-0.1, -0.05) is 24.3 Å². The molecule has 2 aromatic heterocycles. The van der Waals surface area contributed by atoms with Crippen molar-refractivity contribution in [3.8, 4) is 23.0 Å². The lowest BCUT2D eigenvalue weighted by atomic mass is 9.91. The van der Waals surface area contributed by atoms with Gasteiger partial charge < -0.3 is 20.1 Å². The van der Waals surface area contributed by atoms with Gasteiger partial charge in [0.1, 0.15) is 29.4 Å². The Bertz CT molecular complexity index is 1720. The summed E-state index contributed by atoms with van der Waals surface area (Å²) in [7, 11) is 0. The fourth-order valence-electron chi connectivity index (χ4n) is 7.88. The normalized spacial score (nSPS) is 24.5. The number of hydrogen-bond donors (Lipinski definition) is 2. The van der Waals surface area contributed by atoms with Crippen LogP contribution in [-0.2, 0) is 0 Å². The second kappa shape index (κ2) is 9.92. The van der Waals surface area contributed by atoms with Gasteiger partial charge in [-0.05, 0) is 68.1 Å². The number of ether oxygens (including phenoxy) is 1. The maximum atomic E-state index is 16.6. The Hall–Kier alpha value is -3.70. The molecule has 2 atom stereocenters. The molecule has 4 saturated heterocycles. The lowest BCUT2D eigenvalue weighted by Crippen LogP contribution is -2.48. The summed E-state index contributed by atoms with van der Waals surface area (Å²) in [5.41, 5.74) is 0.415. The highest BCUT2D eigenvalue weighted by Crippen LogP contribution is 2.42. The molecule has 0 amide bonds. The summed E-state index contributed by atoms with van der Waals surface area (Å²) in [5.74, 6) is -4.05. The van der Waals surface area contributed by atoms with Gasteiger partial charge in [0.15, 0.2) is 5.82 Å². The number of alkyl halides is 2. The first-order chi connectivity index (χ1) is 20.8. The summed E-state index contributed by atoms with van der Waals surface area (Å²) in [6.07, 6.45) is 6.29. The molecule has 4 fully saturated rings. The van der Waals surface area contributed by atoms with Crippen molar-refractivity contribution < 1.29 is 23.0 Å². The molecule has 8 rings (SSSR count). The number of benzene rings is 2. The summed E-state index contributed by atoms with van der Waals surface area (Å²) < 4.78 is 52.5. The Kier molecular flexibility index (Phi) is 6.20. The maximum absolute atomic E-state index is 16.6. The van der Waals surface area contributed by atoms with Crippen LogP contribution in [0.2, 0.25) is 0 Å². The number of nitrogens with zero attached hydrogens (tertiary/aromatic N) is 5. The van der Waals surface area contributed by atoms with Crippen LogP contribution in [0.4, 0.5) is 19.0 Å². The fourth-order valence-corrected chi connectivity index (χ4v) is 7.88. The number of phenolic OH excluding ortho intramolecular Hbond substituents is 1. The average molecular weight is 591 g/mol. The van der Waals surface area contributed by atoms with Gasteiger partial charge in [-0.15, -0.1) is 0 Å². The van der Waals surface area contributed by atoms with Gasteiger partial charge >= 0.3 is 6.01 Å². The molecule has 0 radical (unpaired) electrons. The molecule has 2 N–H and O–H groups in total. The van der Waals surface area contributed by atoms with Crippen molar-refractivity contribution in [1.29, 1.82) is 0 Å². The minimum Gasteiger partial charge on any atom is -0.508 e. The van der Waals surface area contributed by atoms with E-state index >= 15 is 4.39 Å². The lowest BCUT2D eigenvalue weighted by molar-refractivity contribution is -0.0281. The van der Waals surface area contributed by atoms with Crippen LogP contribution in [0.25, 0.3) is 32.9 Å². The summed E-state index contributed by atoms with van der Waals surface area (Å²) >= 11 is 0. The predicted molar refractivity (Wildman–Crippen MR) is 157 cm³/mol. The number of phenols is 1. The van der Waals surface area contributed by atoms with Crippen LogP contribution < -0.4 is 15.0 Å². The molecule has 4 aliphatic heterocycles. The highest BCUT2D eigenvalue weighted by atomic mass is 19.3. The molecular formula is C32H33F3N6O2. The number of anilines is 1. The van der Waals surface area contributed by atoms with E-state index in [1.54, 1.807) is 11.0 Å². The standard InChI is InChI=1S/C32H33F3N6O2/c33-26-27(22-14-20(42)13-19-5-1-2-6-21(19)22)36-15-23-28(26)38-30(43-18-31-8-3-10-41(31)11-4-9-31)39-29(23)40-12-7-25-24(16-40)32(34,35)17-37-25/h1-2,5-6,13-15,24-25,37,42H,3-4,7-12,16-18H2. The van der Waals surface area contributed by atoms with E-state index in [2.05, 4.69) is 20.2 Å². The Morgan fingerprint density at radius 2 is 1.86 bits per heavy atom. The Morgan fingerprint density at radius 3 is 2.70 bits per heavy atom. The molecule has 4 aliphatic rings. The zero-order valence-electron chi connectivity index (χ0n) is 23.7. The number of pyridine rings is 1. The van der Waals surface area contributed by atoms with E-state index in [0.29, 0.717) is 36.3 Å². The SMILES string of the molecule is Oc1cc(-c2ncc3c(N4CCC5NCC(F)(F)C5C4)nc(OCC45CCCN4CCC5)nc3c2F)c2ccccc2c1. The third-order valence-corrected chi connectivity index (χ3v) is 10.1. The van der Waals surface area contributed by atoms with E-state index in [4.69, 9.17) is 9.72 Å². The molecule has 6 heterocycles. The molecule has 0 bridgehead atoms. The van der Waals surface area contributed by atoms with E-state index in [1.165, 1.54) is 12.3 Å². The van der Waals surface area contributed by atoms with Crippen molar-refractivity contribution >= 4 is 27.5 Å². The molecule has 43 heavy (non-hydrogen) atoms. The first-order valence-corrected chi connectivity index (χ1v) is 15.1. The van der Waals surface area contributed by atoms with Gasteiger partial charge in [-0.25, -0.2) is 13.2 Å². The number of rotatable bonds is 5. The summed E-state index contributed by atoms with van der Waals surface area (Å²) in [4.78, 5) is 18.1. The second-order valence-corrected chi connectivity index (χ2v) is 12.5. The van der Waals surface area contributed by atoms with Crippen molar-refractivity contribution in [2.75, 3.05) is 44.2 Å². The van der Waals surface area contributed by atoms with Crippen LogP contribution in [0.3, 0.4) is 0 Å². The first-order valence-electron chi connectivity index (χ1n) is 15.1. The van der Waals surface area contributed by atoms with Crippen LogP contribution in [0.15, 0.2) is 42.6 Å². The molecule has 0 aliphatic carbocycles. The molecule has 8 nitrogen and oxygen atoms in total. The Labute approximate surface area is 246 Å². The van der Waals surface area contributed by atoms with Gasteiger partial charge in [-0.3, -0.25) is 9.88 Å². The number of halogens is 3. The summed E-state index contributed by atoms with van der Waals surface area (Å²) in [6.45, 7) is 2.68. The molecular weight excluding hydrogens is 557 g/mol. The van der Waals surface area contributed by atoms with Gasteiger partial charge in [0.25, 0.3) is 5.92 Å². The minimum absolute atomic E-state index is 0.00620. The minimum atomic E-state index is -2.84. The molecule has 2 unspecified atom stereocenters. The topological polar surface area (TPSA) is 86.6 Å². The highest BCUT2D eigenvalue weighted by molar-refractivity contribution is 5.99. The number of aromatic nitrogens is 3. The van der Waals surface area contributed by atoms with Crippen molar-refractivity contribution in [2.24, 2.45) is 5.92 Å². The smallest absolute Gasteiger partial charge is 0.319 e.